The van der Waals surface area contributed by atoms with Crippen molar-refractivity contribution in [3.63, 3.8) is 0 Å². The zero-order valence-corrected chi connectivity index (χ0v) is 15.0. The van der Waals surface area contributed by atoms with Crippen molar-refractivity contribution in [1.29, 1.82) is 0 Å². The number of pyridine rings is 2. The van der Waals surface area contributed by atoms with Gasteiger partial charge < -0.3 is 4.55 Å². The van der Waals surface area contributed by atoms with Crippen LogP contribution >= 0.6 is 0 Å². The van der Waals surface area contributed by atoms with E-state index in [0.717, 1.165) is 34.5 Å². The van der Waals surface area contributed by atoms with Gasteiger partial charge in [0.2, 0.25) is 5.82 Å². The summed E-state index contributed by atoms with van der Waals surface area (Å²) in [5.74, 6) is 1.12. The van der Waals surface area contributed by atoms with Gasteiger partial charge in [0.25, 0.3) is 0 Å². The molecule has 26 heavy (non-hydrogen) atoms. The highest BCUT2D eigenvalue weighted by molar-refractivity contribution is 7.91. The van der Waals surface area contributed by atoms with Gasteiger partial charge in [0.05, 0.1) is 18.1 Å². The Morgan fingerprint density at radius 2 is 2.12 bits per heavy atom. The van der Waals surface area contributed by atoms with Crippen molar-refractivity contribution in [3.05, 3.63) is 42.9 Å². The van der Waals surface area contributed by atoms with E-state index in [9.17, 15) is 4.55 Å². The number of nitrogens with zero attached hydrogens (tertiary/aromatic N) is 6. The van der Waals surface area contributed by atoms with Crippen molar-refractivity contribution in [2.75, 3.05) is 5.75 Å². The summed E-state index contributed by atoms with van der Waals surface area (Å²) in [5.41, 5.74) is 2.32. The first kappa shape index (κ1) is 16.7. The normalized spacial score (nSPS) is 12.5. The fraction of sp³-hybridized carbons (Fsp3) is 0.235. The second-order valence-electron chi connectivity index (χ2n) is 5.81. The molecule has 0 amide bonds. The van der Waals surface area contributed by atoms with Gasteiger partial charge in [-0.1, -0.05) is 13.3 Å². The van der Waals surface area contributed by atoms with E-state index in [2.05, 4.69) is 37.5 Å². The minimum atomic E-state index is -1.00. The van der Waals surface area contributed by atoms with E-state index in [-0.39, 0.29) is 0 Å². The molecule has 0 aromatic carbocycles. The van der Waals surface area contributed by atoms with Crippen molar-refractivity contribution in [1.82, 2.24) is 35.2 Å². The number of fused-ring (bicyclic) bond motifs is 1. The Balaban J connectivity index is 1.63. The highest BCUT2D eigenvalue weighted by atomic mass is 32.2. The first-order chi connectivity index (χ1) is 12.8. The molecule has 0 saturated heterocycles. The van der Waals surface area contributed by atoms with E-state index < -0.39 is 11.2 Å². The van der Waals surface area contributed by atoms with Crippen molar-refractivity contribution in [2.24, 2.45) is 0 Å². The molecule has 0 radical (unpaired) electrons. The largest absolute Gasteiger partial charge is 0.611 e. The average molecular weight is 367 g/mol. The molecule has 1 atom stereocenters. The fourth-order valence-corrected chi connectivity index (χ4v) is 3.88. The second kappa shape index (κ2) is 7.22. The maximum atomic E-state index is 12.3. The highest BCUT2D eigenvalue weighted by Gasteiger charge is 2.14. The summed E-state index contributed by atoms with van der Waals surface area (Å²) in [6.07, 6.45) is 7.35. The van der Waals surface area contributed by atoms with Crippen LogP contribution in [0.25, 0.3) is 28.2 Å². The molecule has 0 saturated carbocycles. The Morgan fingerprint density at radius 1 is 1.19 bits per heavy atom. The van der Waals surface area contributed by atoms with Crippen molar-refractivity contribution >= 4 is 22.2 Å². The zero-order valence-electron chi connectivity index (χ0n) is 14.2. The number of aromatic amines is 1. The topological polar surface area (TPSA) is 108 Å². The van der Waals surface area contributed by atoms with E-state index in [0.29, 0.717) is 17.3 Å². The van der Waals surface area contributed by atoms with Crippen LogP contribution in [0, 0.1) is 0 Å². The SMILES string of the molecule is CCCC[S+]([O-])c1cnc2c(ccn2-c2ccc(-c3nn[nH]n3)nc2)c1. The third-order valence-electron chi connectivity index (χ3n) is 4.05. The Labute approximate surface area is 152 Å². The molecule has 0 aliphatic carbocycles. The quantitative estimate of drug-likeness (QED) is 0.525. The van der Waals surface area contributed by atoms with Crippen molar-refractivity contribution in [2.45, 2.75) is 24.7 Å². The summed E-state index contributed by atoms with van der Waals surface area (Å²) < 4.78 is 14.3. The first-order valence-electron chi connectivity index (χ1n) is 8.32. The summed E-state index contributed by atoms with van der Waals surface area (Å²) in [7, 11) is 0. The molecule has 4 rings (SSSR count). The summed E-state index contributed by atoms with van der Waals surface area (Å²) in [4.78, 5) is 9.68. The molecular formula is C17H17N7OS. The molecule has 1 N–H and O–H groups in total. The van der Waals surface area contributed by atoms with Gasteiger partial charge in [-0.3, -0.25) is 9.55 Å². The summed E-state index contributed by atoms with van der Waals surface area (Å²) in [6.45, 7) is 2.09. The van der Waals surface area contributed by atoms with Crippen LogP contribution in [0.3, 0.4) is 0 Å². The maximum absolute atomic E-state index is 12.3. The van der Waals surface area contributed by atoms with Crippen LogP contribution in [0.5, 0.6) is 0 Å². The molecule has 9 heteroatoms. The first-order valence-corrected chi connectivity index (χ1v) is 9.64. The van der Waals surface area contributed by atoms with Gasteiger partial charge >= 0.3 is 0 Å². The van der Waals surface area contributed by atoms with Crippen LogP contribution in [0.2, 0.25) is 0 Å². The van der Waals surface area contributed by atoms with Gasteiger partial charge in [0, 0.05) is 17.6 Å². The minimum absolute atomic E-state index is 0.450. The van der Waals surface area contributed by atoms with Crippen LogP contribution in [0.4, 0.5) is 0 Å². The van der Waals surface area contributed by atoms with Crippen LogP contribution < -0.4 is 0 Å². The molecule has 1 unspecified atom stereocenters. The Kier molecular flexibility index (Phi) is 4.63. The monoisotopic (exact) mass is 367 g/mol. The second-order valence-corrected chi connectivity index (χ2v) is 7.38. The fourth-order valence-electron chi connectivity index (χ4n) is 2.66. The van der Waals surface area contributed by atoms with Gasteiger partial charge in [-0.25, -0.2) is 4.98 Å². The van der Waals surface area contributed by atoms with E-state index in [1.807, 2.05) is 35.0 Å². The maximum Gasteiger partial charge on any atom is 0.222 e. The standard InChI is InChI=1S/C17H17N7OS/c1-2-3-8-26(25)14-9-12-6-7-24(17(12)19-11-14)13-4-5-15(18-10-13)16-20-22-23-21-16/h4-7,9-11H,2-3,8H2,1H3,(H,20,21,22,23). The van der Waals surface area contributed by atoms with Gasteiger partial charge in [0.15, 0.2) is 4.90 Å². The lowest BCUT2D eigenvalue weighted by Crippen LogP contribution is -2.07. The van der Waals surface area contributed by atoms with Gasteiger partial charge in [-0.2, -0.15) is 5.21 Å². The third kappa shape index (κ3) is 3.18. The summed E-state index contributed by atoms with van der Waals surface area (Å²) in [6, 6.07) is 7.68. The number of nitrogens with one attached hydrogen (secondary N) is 1. The van der Waals surface area contributed by atoms with Gasteiger partial charge in [-0.15, -0.1) is 10.2 Å². The van der Waals surface area contributed by atoms with Crippen molar-refractivity contribution in [3.8, 4) is 17.2 Å². The lowest BCUT2D eigenvalue weighted by Gasteiger charge is -2.10. The minimum Gasteiger partial charge on any atom is -0.611 e. The van der Waals surface area contributed by atoms with Crippen LogP contribution in [-0.4, -0.2) is 45.5 Å². The number of tetrazole rings is 1. The molecule has 0 fully saturated rings. The van der Waals surface area contributed by atoms with Crippen LogP contribution in [0.1, 0.15) is 19.8 Å². The zero-order chi connectivity index (χ0) is 17.9. The Morgan fingerprint density at radius 3 is 2.85 bits per heavy atom. The summed E-state index contributed by atoms with van der Waals surface area (Å²) >= 11 is -1.00. The van der Waals surface area contributed by atoms with Gasteiger partial charge in [0.1, 0.15) is 17.1 Å². The lowest BCUT2D eigenvalue weighted by atomic mass is 10.3. The molecule has 0 aliphatic rings. The number of unbranched alkanes of at least 4 members (excludes halogenated alkanes) is 1. The Bertz CT molecular complexity index is 998. The van der Waals surface area contributed by atoms with Crippen LogP contribution in [-0.2, 0) is 11.2 Å². The molecule has 8 nitrogen and oxygen atoms in total. The Hall–Kier alpha value is -2.78. The molecule has 0 aliphatic heterocycles. The molecule has 0 spiro atoms. The average Bonchev–Trinajstić information content (AvgIpc) is 3.35. The number of rotatable bonds is 6. The third-order valence-corrected chi connectivity index (χ3v) is 5.46. The number of hydrogen-bond acceptors (Lipinski definition) is 6. The molecule has 4 aromatic rings. The molecule has 132 valence electrons. The smallest absolute Gasteiger partial charge is 0.222 e. The molecule has 4 aromatic heterocycles. The molecule has 0 bridgehead atoms. The van der Waals surface area contributed by atoms with E-state index >= 15 is 0 Å². The summed E-state index contributed by atoms with van der Waals surface area (Å²) in [5, 5.41) is 14.7. The van der Waals surface area contributed by atoms with Crippen molar-refractivity contribution < 1.29 is 4.55 Å². The van der Waals surface area contributed by atoms with E-state index in [1.54, 1.807) is 12.4 Å². The number of hydrogen-bond donors (Lipinski definition) is 1. The van der Waals surface area contributed by atoms with E-state index in [4.69, 9.17) is 0 Å². The van der Waals surface area contributed by atoms with Crippen LogP contribution in [0.15, 0.2) is 47.8 Å². The lowest BCUT2D eigenvalue weighted by molar-refractivity contribution is 0.591. The predicted octanol–water partition coefficient (Wildman–Crippen LogP) is 2.51. The highest BCUT2D eigenvalue weighted by Crippen LogP contribution is 2.23. The molecule has 4 heterocycles. The molecular weight excluding hydrogens is 350 g/mol. The predicted molar refractivity (Wildman–Crippen MR) is 98.2 cm³/mol. The number of aromatic nitrogens is 7. The van der Waals surface area contributed by atoms with E-state index in [1.165, 1.54) is 0 Å². The number of H-pyrrole nitrogens is 1. The van der Waals surface area contributed by atoms with Gasteiger partial charge in [-0.05, 0) is 41.0 Å².